The van der Waals surface area contributed by atoms with Gasteiger partial charge in [-0.2, -0.15) is 0 Å². The van der Waals surface area contributed by atoms with Gasteiger partial charge in [-0.1, -0.05) is 12.1 Å². The standard InChI is InChI=1S/C16H19FN2O2/c1-18-15(8-11-4-7-16(21-3)19-10-11)13-6-5-12(20-2)9-14(13)17/h4-7,9-10,15,18H,8H2,1-3H3. The quantitative estimate of drug-likeness (QED) is 0.888. The van der Waals surface area contributed by atoms with Gasteiger partial charge in [-0.05, 0) is 25.1 Å². The van der Waals surface area contributed by atoms with Crippen LogP contribution in [0.25, 0.3) is 0 Å². The van der Waals surface area contributed by atoms with Crippen LogP contribution in [0.3, 0.4) is 0 Å². The van der Waals surface area contributed by atoms with E-state index in [1.807, 2.05) is 13.1 Å². The molecule has 0 amide bonds. The van der Waals surface area contributed by atoms with E-state index in [-0.39, 0.29) is 11.9 Å². The van der Waals surface area contributed by atoms with Crippen LogP contribution in [0.5, 0.6) is 11.6 Å². The summed E-state index contributed by atoms with van der Waals surface area (Å²) in [6, 6.07) is 8.49. The van der Waals surface area contributed by atoms with Gasteiger partial charge in [-0.3, -0.25) is 0 Å². The van der Waals surface area contributed by atoms with Gasteiger partial charge >= 0.3 is 0 Å². The molecule has 1 aromatic heterocycles. The summed E-state index contributed by atoms with van der Waals surface area (Å²) in [5, 5.41) is 3.13. The van der Waals surface area contributed by atoms with E-state index in [9.17, 15) is 4.39 Å². The van der Waals surface area contributed by atoms with E-state index in [1.165, 1.54) is 13.2 Å². The highest BCUT2D eigenvalue weighted by Crippen LogP contribution is 2.24. The van der Waals surface area contributed by atoms with Crippen molar-refractivity contribution in [2.24, 2.45) is 0 Å². The second-order valence-corrected chi connectivity index (χ2v) is 4.64. The first-order chi connectivity index (χ1) is 10.2. The predicted molar refractivity (Wildman–Crippen MR) is 79.2 cm³/mol. The second-order valence-electron chi connectivity index (χ2n) is 4.64. The van der Waals surface area contributed by atoms with Crippen molar-refractivity contribution in [3.8, 4) is 11.6 Å². The topological polar surface area (TPSA) is 43.4 Å². The van der Waals surface area contributed by atoms with Crippen LogP contribution in [0.4, 0.5) is 4.39 Å². The average molecular weight is 290 g/mol. The van der Waals surface area contributed by atoms with Gasteiger partial charge < -0.3 is 14.8 Å². The van der Waals surface area contributed by atoms with Crippen LogP contribution < -0.4 is 14.8 Å². The lowest BCUT2D eigenvalue weighted by Crippen LogP contribution is -2.20. The number of pyridine rings is 1. The van der Waals surface area contributed by atoms with Crippen LogP contribution in [0.2, 0.25) is 0 Å². The molecule has 2 rings (SSSR count). The highest BCUT2D eigenvalue weighted by Gasteiger charge is 2.15. The van der Waals surface area contributed by atoms with Gasteiger partial charge in [0.05, 0.1) is 14.2 Å². The van der Waals surface area contributed by atoms with Gasteiger partial charge in [0.25, 0.3) is 0 Å². The summed E-state index contributed by atoms with van der Waals surface area (Å²) in [6.07, 6.45) is 2.38. The summed E-state index contributed by atoms with van der Waals surface area (Å²) in [4.78, 5) is 4.16. The molecule has 2 aromatic rings. The fourth-order valence-corrected chi connectivity index (χ4v) is 2.17. The van der Waals surface area contributed by atoms with Crippen molar-refractivity contribution in [1.82, 2.24) is 10.3 Å². The van der Waals surface area contributed by atoms with Gasteiger partial charge in [0.15, 0.2) is 0 Å². The Morgan fingerprint density at radius 2 is 2.00 bits per heavy atom. The third-order valence-electron chi connectivity index (χ3n) is 3.38. The Balaban J connectivity index is 2.18. The maximum absolute atomic E-state index is 14.1. The van der Waals surface area contributed by atoms with E-state index in [0.29, 0.717) is 23.6 Å². The first-order valence-electron chi connectivity index (χ1n) is 6.67. The third-order valence-corrected chi connectivity index (χ3v) is 3.38. The van der Waals surface area contributed by atoms with Crippen LogP contribution in [0.15, 0.2) is 36.5 Å². The molecule has 112 valence electrons. The number of rotatable bonds is 6. The van der Waals surface area contributed by atoms with Crippen LogP contribution in [0, 0.1) is 5.82 Å². The molecule has 1 N–H and O–H groups in total. The maximum Gasteiger partial charge on any atom is 0.212 e. The molecule has 0 bridgehead atoms. The summed E-state index contributed by atoms with van der Waals surface area (Å²) >= 11 is 0. The Kier molecular flexibility index (Phi) is 5.11. The second kappa shape index (κ2) is 7.04. The minimum Gasteiger partial charge on any atom is -0.497 e. The van der Waals surface area contributed by atoms with E-state index in [2.05, 4.69) is 10.3 Å². The van der Waals surface area contributed by atoms with Gasteiger partial charge in [0.2, 0.25) is 5.88 Å². The van der Waals surface area contributed by atoms with Crippen molar-refractivity contribution in [1.29, 1.82) is 0 Å². The number of benzene rings is 1. The molecule has 1 aromatic carbocycles. The highest BCUT2D eigenvalue weighted by molar-refractivity contribution is 5.32. The van der Waals surface area contributed by atoms with Crippen molar-refractivity contribution < 1.29 is 13.9 Å². The Morgan fingerprint density at radius 1 is 1.19 bits per heavy atom. The molecule has 0 aliphatic carbocycles. The number of likely N-dealkylation sites (N-methyl/N-ethyl adjacent to an activating group) is 1. The fourth-order valence-electron chi connectivity index (χ4n) is 2.17. The molecule has 0 aliphatic heterocycles. The zero-order valence-electron chi connectivity index (χ0n) is 12.4. The first kappa shape index (κ1) is 15.3. The molecule has 0 saturated carbocycles. The van der Waals surface area contributed by atoms with Crippen molar-refractivity contribution in [2.45, 2.75) is 12.5 Å². The van der Waals surface area contributed by atoms with Gasteiger partial charge in [-0.25, -0.2) is 9.37 Å². The summed E-state index contributed by atoms with van der Waals surface area (Å²) < 4.78 is 24.2. The Bertz CT molecular complexity index is 587. The first-order valence-corrected chi connectivity index (χ1v) is 6.67. The smallest absolute Gasteiger partial charge is 0.212 e. The average Bonchev–Trinajstić information content (AvgIpc) is 2.53. The fraction of sp³-hybridized carbons (Fsp3) is 0.312. The van der Waals surface area contributed by atoms with Crippen LogP contribution >= 0.6 is 0 Å². The number of methoxy groups -OCH3 is 2. The molecule has 1 atom stereocenters. The lowest BCUT2D eigenvalue weighted by Gasteiger charge is -2.18. The van der Waals surface area contributed by atoms with Crippen molar-refractivity contribution >= 4 is 0 Å². The zero-order chi connectivity index (χ0) is 15.2. The molecule has 21 heavy (non-hydrogen) atoms. The minimum atomic E-state index is -0.282. The van der Waals surface area contributed by atoms with E-state index >= 15 is 0 Å². The SMILES string of the molecule is CNC(Cc1ccc(OC)nc1)c1ccc(OC)cc1F. The summed E-state index contributed by atoms with van der Waals surface area (Å²) in [6.45, 7) is 0. The van der Waals surface area contributed by atoms with Gasteiger partial charge in [-0.15, -0.1) is 0 Å². The van der Waals surface area contributed by atoms with Gasteiger partial charge in [0.1, 0.15) is 11.6 Å². The molecular weight excluding hydrogens is 271 g/mol. The Morgan fingerprint density at radius 3 is 2.52 bits per heavy atom. The van der Waals surface area contributed by atoms with Crippen LogP contribution in [-0.2, 0) is 6.42 Å². The number of nitrogens with zero attached hydrogens (tertiary/aromatic N) is 1. The Labute approximate surface area is 123 Å². The number of hydrogen-bond donors (Lipinski definition) is 1. The van der Waals surface area contributed by atoms with E-state index in [4.69, 9.17) is 9.47 Å². The normalized spacial score (nSPS) is 12.0. The predicted octanol–water partition coefficient (Wildman–Crippen LogP) is 2.74. The molecule has 1 unspecified atom stereocenters. The molecular formula is C16H19FN2O2. The van der Waals surface area contributed by atoms with E-state index in [0.717, 1.165) is 5.56 Å². The molecule has 0 radical (unpaired) electrons. The molecule has 1 heterocycles. The van der Waals surface area contributed by atoms with Crippen LogP contribution in [0.1, 0.15) is 17.2 Å². The molecule has 0 spiro atoms. The van der Waals surface area contributed by atoms with Crippen molar-refractivity contribution in [3.05, 3.63) is 53.5 Å². The molecule has 0 aliphatic rings. The molecule has 0 saturated heterocycles. The van der Waals surface area contributed by atoms with Gasteiger partial charge in [0, 0.05) is 29.9 Å². The molecule has 5 heteroatoms. The number of halogens is 1. The minimum absolute atomic E-state index is 0.133. The summed E-state index contributed by atoms with van der Waals surface area (Å²) in [7, 11) is 4.91. The number of aromatic nitrogens is 1. The van der Waals surface area contributed by atoms with E-state index in [1.54, 1.807) is 31.5 Å². The monoisotopic (exact) mass is 290 g/mol. The largest absolute Gasteiger partial charge is 0.497 e. The third kappa shape index (κ3) is 3.70. The summed E-state index contributed by atoms with van der Waals surface area (Å²) in [5.41, 5.74) is 1.61. The van der Waals surface area contributed by atoms with Crippen molar-refractivity contribution in [2.75, 3.05) is 21.3 Å². The lowest BCUT2D eigenvalue weighted by atomic mass is 9.99. The Hall–Kier alpha value is -2.14. The molecule has 0 fully saturated rings. The van der Waals surface area contributed by atoms with E-state index < -0.39 is 0 Å². The number of ether oxygens (including phenoxy) is 2. The van der Waals surface area contributed by atoms with Crippen molar-refractivity contribution in [3.63, 3.8) is 0 Å². The van der Waals surface area contributed by atoms with Crippen LogP contribution in [-0.4, -0.2) is 26.3 Å². The number of nitrogens with one attached hydrogen (secondary N) is 1. The highest BCUT2D eigenvalue weighted by atomic mass is 19.1. The number of hydrogen-bond acceptors (Lipinski definition) is 4. The lowest BCUT2D eigenvalue weighted by molar-refractivity contribution is 0.397. The summed E-state index contributed by atoms with van der Waals surface area (Å²) in [5.74, 6) is 0.794. The molecule has 4 nitrogen and oxygen atoms in total. The zero-order valence-corrected chi connectivity index (χ0v) is 12.4. The maximum atomic E-state index is 14.1.